The van der Waals surface area contributed by atoms with Crippen LogP contribution in [0.15, 0.2) is 0 Å². The van der Waals surface area contributed by atoms with Crippen molar-refractivity contribution in [3.8, 4) is 0 Å². The van der Waals surface area contributed by atoms with Crippen LogP contribution in [0.5, 0.6) is 0 Å². The van der Waals surface area contributed by atoms with Gasteiger partial charge in [0.05, 0.1) is 0 Å². The van der Waals surface area contributed by atoms with Crippen molar-refractivity contribution in [3.63, 3.8) is 0 Å². The van der Waals surface area contributed by atoms with Crippen molar-refractivity contribution in [2.24, 2.45) is 0 Å². The number of carboxylic acids is 2. The molecule has 14 heavy (non-hydrogen) atoms. The standard InChI is InChI=1S/C3H2O5.K.Mn.4O/c4-1(2(5)6)3(7)8;;;;;;/h(H,5,6)(H,7,8);;;;;;/q;+1;;;;;-1. The first-order chi connectivity index (χ1) is 5.55. The van der Waals surface area contributed by atoms with Gasteiger partial charge in [-0.2, -0.15) is 0 Å². The molecule has 11 heteroatoms. The average molecular weight is 276 g/mol. The molecule has 9 nitrogen and oxygen atoms in total. The van der Waals surface area contributed by atoms with Crippen LogP contribution >= 0.6 is 0 Å². The molecule has 76 valence electrons. The van der Waals surface area contributed by atoms with E-state index in [-0.39, 0.29) is 51.4 Å². The first kappa shape index (κ1) is 19.7. The average Bonchev–Trinajstić information content (AvgIpc) is 1.81. The number of carboxylic acid groups (broad SMARTS) is 2. The van der Waals surface area contributed by atoms with Gasteiger partial charge in [-0.05, 0) is 0 Å². The third-order valence-electron chi connectivity index (χ3n) is 0.388. The van der Waals surface area contributed by atoms with Crippen molar-refractivity contribution in [1.29, 1.82) is 0 Å². The van der Waals surface area contributed by atoms with Gasteiger partial charge in [0, 0.05) is 0 Å². The number of ketones is 1. The summed E-state index contributed by atoms with van der Waals surface area (Å²) in [4.78, 5) is 28.5. The molecule has 0 rings (SSSR count). The molecule has 0 unspecified atom stereocenters. The van der Waals surface area contributed by atoms with Crippen LogP contribution in [0, 0.1) is 0 Å². The SMILES string of the molecule is O=C(O)C(=O)C(=O)O.[K+].[O]=[Mn](=[O])(=[O])[O-]. The third-order valence-corrected chi connectivity index (χ3v) is 0.388. The molecule has 0 bridgehead atoms. The number of hydrogen-bond donors (Lipinski definition) is 2. The molecule has 0 aromatic carbocycles. The summed E-state index contributed by atoms with van der Waals surface area (Å²) in [6.45, 7) is 0. The summed E-state index contributed by atoms with van der Waals surface area (Å²) in [6, 6.07) is 0. The van der Waals surface area contributed by atoms with Crippen LogP contribution in [-0.4, -0.2) is 27.9 Å². The molecule has 0 aromatic rings. The molecule has 0 radical (unpaired) electrons. The third kappa shape index (κ3) is 22.7. The van der Waals surface area contributed by atoms with Gasteiger partial charge in [0.15, 0.2) is 0 Å². The Morgan fingerprint density at radius 3 is 1.07 bits per heavy atom. The predicted molar refractivity (Wildman–Crippen MR) is 22.3 cm³/mol. The van der Waals surface area contributed by atoms with Gasteiger partial charge < -0.3 is 10.2 Å². The zero-order chi connectivity index (χ0) is 11.2. The number of rotatable bonds is 2. The predicted octanol–water partition coefficient (Wildman–Crippen LogP) is -5.82. The molecule has 0 heterocycles. The number of carbonyl (C=O) groups is 3. The Kier molecular flexibility index (Phi) is 11.8. The van der Waals surface area contributed by atoms with E-state index in [0.717, 1.165) is 0 Å². The molecular weight excluding hydrogens is 274 g/mol. The van der Waals surface area contributed by atoms with Gasteiger partial charge in [0.25, 0.3) is 0 Å². The first-order valence-corrected chi connectivity index (χ1v) is 4.10. The second kappa shape index (κ2) is 8.44. The summed E-state index contributed by atoms with van der Waals surface area (Å²) < 4.78 is 34.3. The number of Topliss-reactive ketones (excluding diaryl/α,β-unsaturated/α-hetero) is 1. The monoisotopic (exact) mass is 276 g/mol. The Morgan fingerprint density at radius 2 is 1.07 bits per heavy atom. The van der Waals surface area contributed by atoms with E-state index in [9.17, 15) is 14.4 Å². The molecule has 2 N–H and O–H groups in total. The summed E-state index contributed by atoms with van der Waals surface area (Å²) >= 11 is -5.62. The maximum atomic E-state index is 9.64. The van der Waals surface area contributed by atoms with Crippen molar-refractivity contribution >= 4 is 17.7 Å². The van der Waals surface area contributed by atoms with E-state index in [1.807, 2.05) is 0 Å². The van der Waals surface area contributed by atoms with Crippen LogP contribution in [0.1, 0.15) is 0 Å². The molecule has 0 fully saturated rings. The Labute approximate surface area is 121 Å². The van der Waals surface area contributed by atoms with Crippen molar-refractivity contribution in [2.45, 2.75) is 0 Å². The van der Waals surface area contributed by atoms with Crippen LogP contribution in [0.2, 0.25) is 0 Å². The summed E-state index contributed by atoms with van der Waals surface area (Å²) in [7, 11) is 0. The Balaban J connectivity index is -0.000000177. The van der Waals surface area contributed by atoms with Crippen molar-refractivity contribution < 1.29 is 105 Å². The Hall–Kier alpha value is 0.126. The van der Waals surface area contributed by atoms with Crippen LogP contribution < -0.4 is 55.6 Å². The molecule has 0 atom stereocenters. The molecule has 0 saturated carbocycles. The van der Waals surface area contributed by atoms with Gasteiger partial charge in [-0.25, -0.2) is 9.59 Å². The number of aliphatic carboxylic acids is 2. The molecule has 0 aliphatic carbocycles. The second-order valence-corrected chi connectivity index (χ2v) is 2.50. The van der Waals surface area contributed by atoms with Gasteiger partial charge in [-0.1, -0.05) is 0 Å². The summed E-state index contributed by atoms with van der Waals surface area (Å²) in [5.74, 6) is -5.71. The fourth-order valence-electron chi connectivity index (χ4n) is 0.0915. The summed E-state index contributed by atoms with van der Waals surface area (Å²) in [6.07, 6.45) is 0. The van der Waals surface area contributed by atoms with E-state index >= 15 is 0 Å². The Morgan fingerprint density at radius 1 is 0.929 bits per heavy atom. The second-order valence-electron chi connectivity index (χ2n) is 1.32. The van der Waals surface area contributed by atoms with E-state index in [2.05, 4.69) is 0 Å². The first-order valence-electron chi connectivity index (χ1n) is 2.18. The molecule has 0 spiro atoms. The van der Waals surface area contributed by atoms with E-state index < -0.39 is 30.7 Å². The van der Waals surface area contributed by atoms with E-state index in [4.69, 9.17) is 25.9 Å². The zero-order valence-electron chi connectivity index (χ0n) is 6.63. The topological polar surface area (TPSA) is 166 Å². The molecule has 0 aromatic heterocycles. The van der Waals surface area contributed by atoms with Gasteiger partial charge in [-0.3, -0.25) is 4.79 Å². The van der Waals surface area contributed by atoms with Crippen LogP contribution in [0.3, 0.4) is 0 Å². The molecule has 0 amide bonds. The molecular formula is C3H2KMnO9. The normalized spacial score (nSPS) is 8.64. The minimum absolute atomic E-state index is 0. The Bertz CT molecular complexity index is 341. The zero-order valence-corrected chi connectivity index (χ0v) is 10.9. The summed E-state index contributed by atoms with van der Waals surface area (Å²) in [5.41, 5.74) is 0. The van der Waals surface area contributed by atoms with Crippen LogP contribution in [-0.2, 0) is 38.9 Å². The fourth-order valence-corrected chi connectivity index (χ4v) is 0.0915. The number of hydrogen-bond acceptors (Lipinski definition) is 7. The van der Waals surface area contributed by atoms with Crippen LogP contribution in [0.25, 0.3) is 0 Å². The number of carbonyl (C=O) groups excluding carboxylic acids is 1. The van der Waals surface area contributed by atoms with E-state index in [1.165, 1.54) is 0 Å². The van der Waals surface area contributed by atoms with Crippen molar-refractivity contribution in [3.05, 3.63) is 0 Å². The van der Waals surface area contributed by atoms with Gasteiger partial charge >= 0.3 is 97.8 Å². The molecule has 0 saturated heterocycles. The van der Waals surface area contributed by atoms with Crippen molar-refractivity contribution in [1.82, 2.24) is 0 Å². The van der Waals surface area contributed by atoms with Crippen molar-refractivity contribution in [2.75, 3.05) is 0 Å². The van der Waals surface area contributed by atoms with E-state index in [1.54, 1.807) is 0 Å². The van der Waals surface area contributed by atoms with Gasteiger partial charge in [0.2, 0.25) is 0 Å². The van der Waals surface area contributed by atoms with E-state index in [0.29, 0.717) is 0 Å². The summed E-state index contributed by atoms with van der Waals surface area (Å²) in [5, 5.41) is 15.2. The minimum atomic E-state index is -5.62. The fraction of sp³-hybridized carbons (Fsp3) is 0. The van der Waals surface area contributed by atoms with Gasteiger partial charge in [0.1, 0.15) is 0 Å². The molecule has 0 aliphatic heterocycles. The van der Waals surface area contributed by atoms with Gasteiger partial charge in [-0.15, -0.1) is 0 Å². The molecule has 0 aliphatic rings. The quantitative estimate of drug-likeness (QED) is 0.283. The maximum absolute atomic E-state index is 9.64. The van der Waals surface area contributed by atoms with Crippen LogP contribution in [0.4, 0.5) is 0 Å².